The summed E-state index contributed by atoms with van der Waals surface area (Å²) in [6.45, 7) is 2.06. The molecule has 0 bridgehead atoms. The number of fused-ring (bicyclic) bond motifs is 1. The molecule has 0 unspecified atom stereocenters. The van der Waals surface area contributed by atoms with Gasteiger partial charge in [-0.25, -0.2) is 0 Å². The normalized spacial score (nSPS) is 10.6. The van der Waals surface area contributed by atoms with Crippen LogP contribution in [-0.2, 0) is 16.0 Å². The summed E-state index contributed by atoms with van der Waals surface area (Å²) in [4.78, 5) is 22.0. The van der Waals surface area contributed by atoms with E-state index in [1.165, 1.54) is 0 Å². The maximum Gasteiger partial charge on any atom is 0.305 e. The van der Waals surface area contributed by atoms with Crippen molar-refractivity contribution in [1.82, 2.24) is 10.5 Å². The number of aryl methyl sites for hydroxylation is 1. The largest absolute Gasteiger partial charge is 0.481 e. The molecule has 100 valence electrons. The molecular weight excluding hydrogens is 248 g/mol. The average Bonchev–Trinajstić information content (AvgIpc) is 2.71. The Morgan fingerprint density at radius 1 is 1.42 bits per heavy atom. The van der Waals surface area contributed by atoms with Gasteiger partial charge in [-0.1, -0.05) is 16.8 Å². The molecule has 0 spiro atoms. The van der Waals surface area contributed by atoms with Crippen LogP contribution in [0.4, 0.5) is 0 Å². The van der Waals surface area contributed by atoms with Gasteiger partial charge in [0.1, 0.15) is 5.69 Å². The van der Waals surface area contributed by atoms with Crippen LogP contribution >= 0.6 is 0 Å². The van der Waals surface area contributed by atoms with E-state index in [0.717, 1.165) is 10.9 Å². The molecule has 1 amide bonds. The zero-order valence-electron chi connectivity index (χ0n) is 10.5. The lowest BCUT2D eigenvalue weighted by Crippen LogP contribution is -2.27. The Morgan fingerprint density at radius 3 is 2.95 bits per heavy atom. The highest BCUT2D eigenvalue weighted by Crippen LogP contribution is 2.20. The number of hydrogen-bond acceptors (Lipinski definition) is 4. The smallest absolute Gasteiger partial charge is 0.305 e. The highest BCUT2D eigenvalue weighted by Gasteiger charge is 2.12. The summed E-state index contributed by atoms with van der Waals surface area (Å²) in [5.41, 5.74) is 2.26. The van der Waals surface area contributed by atoms with Crippen molar-refractivity contribution >= 4 is 22.8 Å². The van der Waals surface area contributed by atoms with Crippen molar-refractivity contribution < 1.29 is 19.2 Å². The predicted octanol–water partition coefficient (Wildman–Crippen LogP) is 1.27. The van der Waals surface area contributed by atoms with Gasteiger partial charge in [0, 0.05) is 11.9 Å². The standard InChI is InChI=1S/C13H14N2O4/c1-8-2-3-11-9(6-8)10(15-19-11)7-12(16)14-5-4-13(17)18/h2-3,6H,4-5,7H2,1H3,(H,14,16)(H,17,18). The second-order valence-corrected chi connectivity index (χ2v) is 4.30. The van der Waals surface area contributed by atoms with Crippen LogP contribution in [0.1, 0.15) is 17.7 Å². The quantitative estimate of drug-likeness (QED) is 0.846. The second kappa shape index (κ2) is 5.51. The van der Waals surface area contributed by atoms with Crippen LogP contribution in [0, 0.1) is 6.92 Å². The SMILES string of the molecule is Cc1ccc2onc(CC(=O)NCCC(=O)O)c2c1. The molecule has 0 aliphatic carbocycles. The van der Waals surface area contributed by atoms with Gasteiger partial charge in [-0.3, -0.25) is 9.59 Å². The molecule has 0 saturated carbocycles. The number of amides is 1. The predicted molar refractivity (Wildman–Crippen MR) is 67.7 cm³/mol. The second-order valence-electron chi connectivity index (χ2n) is 4.30. The van der Waals surface area contributed by atoms with Crippen molar-refractivity contribution in [2.45, 2.75) is 19.8 Å². The minimum atomic E-state index is -0.942. The summed E-state index contributed by atoms with van der Waals surface area (Å²) < 4.78 is 5.12. The number of aliphatic carboxylic acids is 1. The van der Waals surface area contributed by atoms with E-state index in [1.807, 2.05) is 25.1 Å². The third-order valence-corrected chi connectivity index (χ3v) is 2.69. The van der Waals surface area contributed by atoms with Crippen molar-refractivity contribution in [2.75, 3.05) is 6.54 Å². The zero-order valence-corrected chi connectivity index (χ0v) is 10.5. The lowest BCUT2D eigenvalue weighted by molar-refractivity contribution is -0.136. The molecule has 0 atom stereocenters. The van der Waals surface area contributed by atoms with Crippen LogP contribution in [0.5, 0.6) is 0 Å². The minimum absolute atomic E-state index is 0.0794. The summed E-state index contributed by atoms with van der Waals surface area (Å²) in [6, 6.07) is 5.62. The number of hydrogen-bond donors (Lipinski definition) is 2. The number of rotatable bonds is 5. The van der Waals surface area contributed by atoms with Gasteiger partial charge in [0.05, 0.1) is 12.8 Å². The van der Waals surface area contributed by atoms with Crippen LogP contribution in [-0.4, -0.2) is 28.7 Å². The number of carboxylic acids is 1. The maximum atomic E-state index is 11.6. The molecule has 19 heavy (non-hydrogen) atoms. The number of nitrogens with one attached hydrogen (secondary N) is 1. The summed E-state index contributed by atoms with van der Waals surface area (Å²) >= 11 is 0. The fraction of sp³-hybridized carbons (Fsp3) is 0.308. The molecular formula is C13H14N2O4. The zero-order chi connectivity index (χ0) is 13.8. The number of carbonyl (C=O) groups excluding carboxylic acids is 1. The molecule has 1 aromatic heterocycles. The molecule has 1 heterocycles. The lowest BCUT2D eigenvalue weighted by atomic mass is 10.1. The fourth-order valence-corrected chi connectivity index (χ4v) is 1.75. The topological polar surface area (TPSA) is 92.4 Å². The summed E-state index contributed by atoms with van der Waals surface area (Å²) in [5.74, 6) is -1.21. The molecule has 2 rings (SSSR count). The molecule has 6 nitrogen and oxygen atoms in total. The van der Waals surface area contributed by atoms with Crippen LogP contribution in [0.3, 0.4) is 0 Å². The van der Waals surface area contributed by atoms with Gasteiger partial charge in [0.2, 0.25) is 5.91 Å². The summed E-state index contributed by atoms with van der Waals surface area (Å²) in [5, 5.41) is 15.7. The van der Waals surface area contributed by atoms with Gasteiger partial charge in [-0.05, 0) is 19.1 Å². The van der Waals surface area contributed by atoms with Crippen LogP contribution in [0.15, 0.2) is 22.7 Å². The van der Waals surface area contributed by atoms with E-state index in [0.29, 0.717) is 11.3 Å². The van der Waals surface area contributed by atoms with E-state index in [4.69, 9.17) is 9.63 Å². The maximum absolute atomic E-state index is 11.6. The fourth-order valence-electron chi connectivity index (χ4n) is 1.75. The Morgan fingerprint density at radius 2 is 2.21 bits per heavy atom. The minimum Gasteiger partial charge on any atom is -0.481 e. The van der Waals surface area contributed by atoms with Crippen LogP contribution in [0.2, 0.25) is 0 Å². The first-order valence-corrected chi connectivity index (χ1v) is 5.89. The molecule has 0 aliphatic rings. The molecule has 1 aromatic carbocycles. The van der Waals surface area contributed by atoms with Crippen LogP contribution < -0.4 is 5.32 Å². The van der Waals surface area contributed by atoms with Crippen molar-refractivity contribution in [2.24, 2.45) is 0 Å². The Hall–Kier alpha value is -2.37. The Labute approximate surface area is 109 Å². The number of nitrogens with zero attached hydrogens (tertiary/aromatic N) is 1. The summed E-state index contributed by atoms with van der Waals surface area (Å²) in [6.07, 6.45) is -0.0134. The number of benzene rings is 1. The van der Waals surface area contributed by atoms with E-state index in [-0.39, 0.29) is 25.3 Å². The van der Waals surface area contributed by atoms with E-state index in [9.17, 15) is 9.59 Å². The Bertz CT molecular complexity index is 618. The van der Waals surface area contributed by atoms with Crippen molar-refractivity contribution in [3.63, 3.8) is 0 Å². The Kier molecular flexibility index (Phi) is 3.79. The molecule has 2 aromatic rings. The van der Waals surface area contributed by atoms with E-state index < -0.39 is 5.97 Å². The number of aromatic nitrogens is 1. The van der Waals surface area contributed by atoms with E-state index >= 15 is 0 Å². The van der Waals surface area contributed by atoms with Crippen molar-refractivity contribution in [3.05, 3.63) is 29.5 Å². The van der Waals surface area contributed by atoms with Gasteiger partial charge in [-0.2, -0.15) is 0 Å². The average molecular weight is 262 g/mol. The monoisotopic (exact) mass is 262 g/mol. The molecule has 0 fully saturated rings. The molecule has 6 heteroatoms. The van der Waals surface area contributed by atoms with Crippen molar-refractivity contribution in [1.29, 1.82) is 0 Å². The molecule has 0 aliphatic heterocycles. The van der Waals surface area contributed by atoms with Gasteiger partial charge < -0.3 is 14.9 Å². The lowest BCUT2D eigenvalue weighted by Gasteiger charge is -2.01. The van der Waals surface area contributed by atoms with Gasteiger partial charge in [-0.15, -0.1) is 0 Å². The third-order valence-electron chi connectivity index (χ3n) is 2.69. The molecule has 0 radical (unpaired) electrons. The highest BCUT2D eigenvalue weighted by molar-refractivity contribution is 5.86. The van der Waals surface area contributed by atoms with Gasteiger partial charge >= 0.3 is 5.97 Å². The summed E-state index contributed by atoms with van der Waals surface area (Å²) in [7, 11) is 0. The van der Waals surface area contributed by atoms with E-state index in [1.54, 1.807) is 0 Å². The van der Waals surface area contributed by atoms with Crippen molar-refractivity contribution in [3.8, 4) is 0 Å². The first kappa shape index (κ1) is 13.1. The highest BCUT2D eigenvalue weighted by atomic mass is 16.5. The first-order chi connectivity index (χ1) is 9.06. The van der Waals surface area contributed by atoms with Gasteiger partial charge in [0.25, 0.3) is 0 Å². The number of carbonyl (C=O) groups is 2. The van der Waals surface area contributed by atoms with Crippen LogP contribution in [0.25, 0.3) is 11.0 Å². The van der Waals surface area contributed by atoms with E-state index in [2.05, 4.69) is 10.5 Å². The first-order valence-electron chi connectivity index (χ1n) is 5.89. The molecule has 0 saturated heterocycles. The molecule has 2 N–H and O–H groups in total. The Balaban J connectivity index is 2.02. The van der Waals surface area contributed by atoms with Gasteiger partial charge in [0.15, 0.2) is 5.58 Å². The third kappa shape index (κ3) is 3.31. The number of carboxylic acid groups (broad SMARTS) is 1.